The molecule has 6 rings (SSSR count). The Morgan fingerprint density at radius 2 is 1.82 bits per heavy atom. The smallest absolute Gasteiger partial charge is 0.263 e. The summed E-state index contributed by atoms with van der Waals surface area (Å²) in [5.41, 5.74) is 9.21. The lowest BCUT2D eigenvalue weighted by molar-refractivity contribution is 0.0941. The number of amides is 1. The van der Waals surface area contributed by atoms with Crippen LogP contribution in [0.4, 0.5) is 5.82 Å². The van der Waals surface area contributed by atoms with Gasteiger partial charge in [-0.05, 0) is 53.8 Å². The summed E-state index contributed by atoms with van der Waals surface area (Å²) in [5, 5.41) is 8.46. The minimum absolute atomic E-state index is 0.0692. The third-order valence-electron chi connectivity index (χ3n) is 6.79. The molecule has 40 heavy (non-hydrogen) atoms. The van der Waals surface area contributed by atoms with Crippen LogP contribution in [0.15, 0.2) is 96.2 Å². The third kappa shape index (κ3) is 4.21. The average molecular weight is 532 g/mol. The number of carbonyl (C=O) groups is 1. The average Bonchev–Trinajstić information content (AvgIpc) is 3.32. The van der Waals surface area contributed by atoms with Crippen molar-refractivity contribution in [1.29, 1.82) is 0 Å². The lowest BCUT2D eigenvalue weighted by Gasteiger charge is -2.21. The van der Waals surface area contributed by atoms with Crippen molar-refractivity contribution in [2.75, 3.05) is 12.8 Å². The van der Waals surface area contributed by atoms with Gasteiger partial charge in [0.15, 0.2) is 11.5 Å². The molecule has 2 aromatic carbocycles. The molecule has 0 aliphatic heterocycles. The van der Waals surface area contributed by atoms with Gasteiger partial charge in [-0.15, -0.1) is 5.10 Å². The quantitative estimate of drug-likeness (QED) is 0.330. The predicted molar refractivity (Wildman–Crippen MR) is 153 cm³/mol. The Kier molecular flexibility index (Phi) is 6.19. The molecular weight excluding hydrogens is 506 g/mol. The van der Waals surface area contributed by atoms with E-state index in [-0.39, 0.29) is 16.9 Å². The Balaban J connectivity index is 1.51. The van der Waals surface area contributed by atoms with Crippen molar-refractivity contribution in [3.8, 4) is 22.7 Å². The maximum Gasteiger partial charge on any atom is 0.263 e. The van der Waals surface area contributed by atoms with Crippen molar-refractivity contribution in [2.45, 2.75) is 13.0 Å². The summed E-state index contributed by atoms with van der Waals surface area (Å²) in [5.74, 6) is 0.0792. The highest BCUT2D eigenvalue weighted by Gasteiger charge is 2.24. The van der Waals surface area contributed by atoms with Crippen molar-refractivity contribution in [2.24, 2.45) is 0 Å². The number of methoxy groups -OCH3 is 1. The van der Waals surface area contributed by atoms with Crippen LogP contribution in [0.1, 0.15) is 29.0 Å². The topological polar surface area (TPSA) is 129 Å². The predicted octanol–water partition coefficient (Wildman–Crippen LogP) is 4.18. The molecule has 0 aliphatic rings. The number of nitrogens with zero attached hydrogens (tertiary/aromatic N) is 5. The van der Waals surface area contributed by atoms with Crippen LogP contribution in [0.25, 0.3) is 33.2 Å². The van der Waals surface area contributed by atoms with E-state index in [2.05, 4.69) is 20.4 Å². The molecule has 198 valence electrons. The number of carbonyl (C=O) groups excluding carboxylic acids is 1. The van der Waals surface area contributed by atoms with Crippen molar-refractivity contribution in [1.82, 2.24) is 29.5 Å². The zero-order chi connectivity index (χ0) is 27.8. The van der Waals surface area contributed by atoms with Gasteiger partial charge in [0.2, 0.25) is 5.88 Å². The zero-order valence-corrected chi connectivity index (χ0v) is 21.8. The molecule has 0 fully saturated rings. The van der Waals surface area contributed by atoms with Crippen molar-refractivity contribution < 1.29 is 9.53 Å². The van der Waals surface area contributed by atoms with Crippen LogP contribution in [-0.2, 0) is 0 Å². The van der Waals surface area contributed by atoms with E-state index < -0.39 is 11.9 Å². The monoisotopic (exact) mass is 531 g/mol. The number of hydrogen-bond donors (Lipinski definition) is 2. The number of nitrogens with two attached hydrogens (primary N) is 1. The van der Waals surface area contributed by atoms with Crippen LogP contribution in [0.5, 0.6) is 5.88 Å². The molecule has 0 saturated heterocycles. The fourth-order valence-electron chi connectivity index (χ4n) is 4.94. The molecule has 0 aliphatic carbocycles. The maximum absolute atomic E-state index is 14.3. The van der Waals surface area contributed by atoms with Gasteiger partial charge >= 0.3 is 0 Å². The second kappa shape index (κ2) is 9.99. The number of benzene rings is 2. The molecule has 6 aromatic rings. The Labute approximate surface area is 228 Å². The molecule has 4 heterocycles. The highest BCUT2D eigenvalue weighted by atomic mass is 16.5. The Morgan fingerprint density at radius 1 is 1.00 bits per heavy atom. The standard InChI is InChI=1S/C30H25N7O3/c1-18(34-29(38)26-27(31)35-36-15-7-13-33-28(26)36)23-16-20-8-6-11-22(19-12-14-32-24(17-19)40-2)25(20)30(39)37(23)21-9-4-3-5-10-21/h3-18H,1-2H3,(H2,31,35)(H,34,38). The van der Waals surface area contributed by atoms with Crippen LogP contribution >= 0.6 is 0 Å². The molecule has 10 heteroatoms. The van der Waals surface area contributed by atoms with E-state index >= 15 is 0 Å². The van der Waals surface area contributed by atoms with Crippen LogP contribution in [0.2, 0.25) is 0 Å². The first kappa shape index (κ1) is 24.8. The summed E-state index contributed by atoms with van der Waals surface area (Å²) >= 11 is 0. The summed E-state index contributed by atoms with van der Waals surface area (Å²) in [6.07, 6.45) is 4.89. The summed E-state index contributed by atoms with van der Waals surface area (Å²) in [6, 6.07) is 21.7. The summed E-state index contributed by atoms with van der Waals surface area (Å²) in [7, 11) is 1.55. The van der Waals surface area contributed by atoms with E-state index in [0.717, 1.165) is 16.5 Å². The summed E-state index contributed by atoms with van der Waals surface area (Å²) in [6.45, 7) is 1.82. The molecule has 0 saturated carbocycles. The number of anilines is 1. The summed E-state index contributed by atoms with van der Waals surface area (Å²) in [4.78, 5) is 36.2. The van der Waals surface area contributed by atoms with Gasteiger partial charge in [-0.25, -0.2) is 14.5 Å². The maximum atomic E-state index is 14.3. The van der Waals surface area contributed by atoms with Gasteiger partial charge in [0.05, 0.1) is 18.5 Å². The summed E-state index contributed by atoms with van der Waals surface area (Å²) < 4.78 is 8.40. The molecule has 1 atom stereocenters. The van der Waals surface area contributed by atoms with Crippen molar-refractivity contribution >= 4 is 28.1 Å². The van der Waals surface area contributed by atoms with Crippen LogP contribution in [-0.4, -0.2) is 37.2 Å². The van der Waals surface area contributed by atoms with E-state index in [1.165, 1.54) is 4.52 Å². The minimum Gasteiger partial charge on any atom is -0.481 e. The molecule has 0 spiro atoms. The number of nitrogens with one attached hydrogen (secondary N) is 1. The van der Waals surface area contributed by atoms with Crippen LogP contribution in [0.3, 0.4) is 0 Å². The molecule has 0 bridgehead atoms. The van der Waals surface area contributed by atoms with Crippen LogP contribution in [0, 0.1) is 0 Å². The molecule has 0 radical (unpaired) electrons. The number of ether oxygens (including phenoxy) is 1. The van der Waals surface area contributed by atoms with Crippen LogP contribution < -0.4 is 21.3 Å². The second-order valence-electron chi connectivity index (χ2n) is 9.25. The SMILES string of the molecule is COc1cc(-c2cccc3cc(C(C)NC(=O)c4c(N)nn5cccnc45)n(-c4ccccc4)c(=O)c23)ccn1. The number of fused-ring (bicyclic) bond motifs is 2. The number of aromatic nitrogens is 5. The van der Waals surface area contributed by atoms with Gasteiger partial charge in [0, 0.05) is 36.0 Å². The first-order chi connectivity index (χ1) is 19.5. The van der Waals surface area contributed by atoms with Crippen molar-refractivity contribution in [3.63, 3.8) is 0 Å². The lowest BCUT2D eigenvalue weighted by atomic mass is 9.98. The fraction of sp³-hybridized carbons (Fsp3) is 0.100. The van der Waals surface area contributed by atoms with E-state index in [4.69, 9.17) is 10.5 Å². The number of nitrogen functional groups attached to an aromatic ring is 1. The number of hydrogen-bond acceptors (Lipinski definition) is 7. The zero-order valence-electron chi connectivity index (χ0n) is 21.8. The minimum atomic E-state index is -0.576. The Bertz CT molecular complexity index is 1950. The van der Waals surface area contributed by atoms with Gasteiger partial charge in [-0.2, -0.15) is 0 Å². The van der Waals surface area contributed by atoms with E-state index in [9.17, 15) is 9.59 Å². The number of rotatable bonds is 6. The molecule has 3 N–H and O–H groups in total. The first-order valence-electron chi connectivity index (χ1n) is 12.6. The molecule has 1 unspecified atom stereocenters. The Hall–Kier alpha value is -5.51. The normalized spacial score (nSPS) is 11.9. The van der Waals surface area contributed by atoms with E-state index in [1.807, 2.05) is 67.6 Å². The largest absolute Gasteiger partial charge is 0.481 e. The van der Waals surface area contributed by atoms with E-state index in [1.54, 1.807) is 42.4 Å². The van der Waals surface area contributed by atoms with Gasteiger partial charge in [-0.1, -0.05) is 36.4 Å². The third-order valence-corrected chi connectivity index (χ3v) is 6.79. The molecule has 4 aromatic heterocycles. The second-order valence-corrected chi connectivity index (χ2v) is 9.25. The Morgan fingerprint density at radius 3 is 2.62 bits per heavy atom. The molecule has 1 amide bonds. The van der Waals surface area contributed by atoms with Gasteiger partial charge < -0.3 is 15.8 Å². The molecular formula is C30H25N7O3. The highest BCUT2D eigenvalue weighted by molar-refractivity contribution is 6.04. The molecule has 10 nitrogen and oxygen atoms in total. The van der Waals surface area contributed by atoms with Gasteiger partial charge in [-0.3, -0.25) is 14.2 Å². The van der Waals surface area contributed by atoms with E-state index in [0.29, 0.717) is 28.3 Å². The lowest BCUT2D eigenvalue weighted by Crippen LogP contribution is -2.32. The van der Waals surface area contributed by atoms with Gasteiger partial charge in [0.1, 0.15) is 5.56 Å². The van der Waals surface area contributed by atoms with Gasteiger partial charge in [0.25, 0.3) is 11.5 Å². The highest BCUT2D eigenvalue weighted by Crippen LogP contribution is 2.30. The number of pyridine rings is 2. The number of para-hydroxylation sites is 1. The van der Waals surface area contributed by atoms with Crippen molar-refractivity contribution in [3.05, 3.63) is 113 Å². The fourth-order valence-corrected chi connectivity index (χ4v) is 4.94. The first-order valence-corrected chi connectivity index (χ1v) is 12.6.